The number of halogens is 2. The molecule has 132 valence electrons. The van der Waals surface area contributed by atoms with Crippen LogP contribution in [0.15, 0.2) is 48.5 Å². The van der Waals surface area contributed by atoms with Crippen molar-refractivity contribution in [2.75, 3.05) is 5.43 Å². The van der Waals surface area contributed by atoms with Crippen molar-refractivity contribution in [2.24, 2.45) is 0 Å². The number of ether oxygens (including phenoxy) is 1. The lowest BCUT2D eigenvalue weighted by atomic mass is 10.1. The molecule has 1 atom stereocenters. The summed E-state index contributed by atoms with van der Waals surface area (Å²) in [6, 6.07) is 11.5. The predicted octanol–water partition coefficient (Wildman–Crippen LogP) is 2.85. The molecular formula is C16H15F2N3O4. The molecule has 0 aliphatic rings. The summed E-state index contributed by atoms with van der Waals surface area (Å²) < 4.78 is 31.2. The Hall–Kier alpha value is -3.36. The summed E-state index contributed by atoms with van der Waals surface area (Å²) in [4.78, 5) is 22.6. The third kappa shape index (κ3) is 5.98. The van der Waals surface area contributed by atoms with Crippen molar-refractivity contribution >= 4 is 17.9 Å². The number of amides is 2. The Bertz CT molecular complexity index is 743. The largest absolute Gasteiger partial charge is 0.465 e. The van der Waals surface area contributed by atoms with Crippen molar-refractivity contribution in [1.82, 2.24) is 10.7 Å². The lowest BCUT2D eigenvalue weighted by Crippen LogP contribution is -2.42. The summed E-state index contributed by atoms with van der Waals surface area (Å²) >= 11 is 0. The summed E-state index contributed by atoms with van der Waals surface area (Å²) in [6.07, 6.45) is -3.46. The van der Waals surface area contributed by atoms with Gasteiger partial charge in [-0.2, -0.15) is 0 Å². The van der Waals surface area contributed by atoms with Crippen LogP contribution in [0.2, 0.25) is 0 Å². The van der Waals surface area contributed by atoms with E-state index in [0.717, 1.165) is 17.7 Å². The van der Waals surface area contributed by atoms with Crippen LogP contribution in [0.25, 0.3) is 0 Å². The first-order valence-corrected chi connectivity index (χ1v) is 7.15. The fourth-order valence-electron chi connectivity index (χ4n) is 1.96. The molecule has 7 nitrogen and oxygen atoms in total. The van der Waals surface area contributed by atoms with E-state index in [4.69, 9.17) is 9.84 Å². The van der Waals surface area contributed by atoms with Crippen LogP contribution in [0.5, 0.6) is 0 Å². The highest BCUT2D eigenvalue weighted by atomic mass is 19.1. The van der Waals surface area contributed by atoms with Crippen LogP contribution >= 0.6 is 0 Å². The zero-order valence-electron chi connectivity index (χ0n) is 12.8. The number of hydrogen-bond donors (Lipinski definition) is 4. The third-order valence-corrected chi connectivity index (χ3v) is 3.03. The molecular weight excluding hydrogens is 336 g/mol. The molecule has 0 aliphatic carbocycles. The molecule has 1 unspecified atom stereocenters. The average Bonchev–Trinajstić information content (AvgIpc) is 2.54. The van der Waals surface area contributed by atoms with Gasteiger partial charge >= 0.3 is 12.2 Å². The molecule has 4 N–H and O–H groups in total. The second-order valence-corrected chi connectivity index (χ2v) is 4.91. The van der Waals surface area contributed by atoms with E-state index in [1.54, 1.807) is 30.3 Å². The van der Waals surface area contributed by atoms with Gasteiger partial charge in [0.2, 0.25) is 0 Å². The number of carbonyl (C=O) groups excluding carboxylic acids is 1. The van der Waals surface area contributed by atoms with E-state index in [1.165, 1.54) is 0 Å². The van der Waals surface area contributed by atoms with Crippen molar-refractivity contribution in [2.45, 2.75) is 12.6 Å². The summed E-state index contributed by atoms with van der Waals surface area (Å²) in [7, 11) is 0. The minimum absolute atomic E-state index is 0.103. The van der Waals surface area contributed by atoms with Gasteiger partial charge in [0.1, 0.15) is 5.82 Å². The van der Waals surface area contributed by atoms with Gasteiger partial charge in [-0.05, 0) is 17.7 Å². The molecule has 0 fully saturated rings. The Balaban J connectivity index is 1.93. The maximum atomic E-state index is 13.4. The van der Waals surface area contributed by atoms with Crippen molar-refractivity contribution in [3.05, 3.63) is 65.7 Å². The zero-order valence-corrected chi connectivity index (χ0v) is 12.8. The fourth-order valence-corrected chi connectivity index (χ4v) is 1.96. The number of rotatable bonds is 6. The van der Waals surface area contributed by atoms with E-state index in [0.29, 0.717) is 6.07 Å². The van der Waals surface area contributed by atoms with Gasteiger partial charge in [0, 0.05) is 12.5 Å². The molecule has 2 aromatic carbocycles. The topological polar surface area (TPSA) is 99.7 Å². The van der Waals surface area contributed by atoms with Crippen molar-refractivity contribution in [3.63, 3.8) is 0 Å². The minimum atomic E-state index is -1.37. The smallest absolute Gasteiger partial charge is 0.427 e. The number of benzene rings is 2. The number of nitrogens with one attached hydrogen (secondary N) is 3. The lowest BCUT2D eigenvalue weighted by Gasteiger charge is -2.18. The Morgan fingerprint density at radius 1 is 1.12 bits per heavy atom. The Labute approximate surface area is 141 Å². The van der Waals surface area contributed by atoms with Crippen LogP contribution in [0.4, 0.5) is 24.1 Å². The van der Waals surface area contributed by atoms with E-state index >= 15 is 0 Å². The SMILES string of the molecule is O=C(O)NC(Cc1ccccc1)OC(=O)NNc1ccc(F)cc1F. The van der Waals surface area contributed by atoms with E-state index in [2.05, 4.69) is 10.7 Å². The van der Waals surface area contributed by atoms with E-state index < -0.39 is 30.0 Å². The highest BCUT2D eigenvalue weighted by molar-refractivity contribution is 5.70. The maximum absolute atomic E-state index is 13.4. The van der Waals surface area contributed by atoms with Crippen molar-refractivity contribution in [1.29, 1.82) is 0 Å². The van der Waals surface area contributed by atoms with Crippen LogP contribution in [0.3, 0.4) is 0 Å². The normalized spacial score (nSPS) is 11.3. The molecule has 25 heavy (non-hydrogen) atoms. The summed E-state index contributed by atoms with van der Waals surface area (Å²) in [6.45, 7) is 0. The molecule has 0 saturated heterocycles. The number of anilines is 1. The number of hydrazine groups is 1. The fraction of sp³-hybridized carbons (Fsp3) is 0.125. The third-order valence-electron chi connectivity index (χ3n) is 3.03. The first-order chi connectivity index (χ1) is 11.9. The molecule has 2 amide bonds. The predicted molar refractivity (Wildman–Crippen MR) is 84.7 cm³/mol. The second kappa shape index (κ2) is 8.48. The van der Waals surface area contributed by atoms with Crippen LogP contribution in [0.1, 0.15) is 5.56 Å². The van der Waals surface area contributed by atoms with Gasteiger partial charge in [0.15, 0.2) is 12.0 Å². The number of hydrogen-bond acceptors (Lipinski definition) is 4. The van der Waals surface area contributed by atoms with Gasteiger partial charge in [0.25, 0.3) is 0 Å². The van der Waals surface area contributed by atoms with Crippen LogP contribution in [-0.2, 0) is 11.2 Å². The van der Waals surface area contributed by atoms with Gasteiger partial charge in [-0.15, -0.1) is 0 Å². The quantitative estimate of drug-likeness (QED) is 0.474. The first-order valence-electron chi connectivity index (χ1n) is 7.15. The second-order valence-electron chi connectivity index (χ2n) is 4.91. The van der Waals surface area contributed by atoms with Gasteiger partial charge in [-0.1, -0.05) is 30.3 Å². The Morgan fingerprint density at radius 2 is 1.84 bits per heavy atom. The van der Waals surface area contributed by atoms with Gasteiger partial charge < -0.3 is 9.84 Å². The minimum Gasteiger partial charge on any atom is -0.465 e. The zero-order chi connectivity index (χ0) is 18.2. The molecule has 0 spiro atoms. The Morgan fingerprint density at radius 3 is 2.48 bits per heavy atom. The number of carboxylic acid groups (broad SMARTS) is 1. The van der Waals surface area contributed by atoms with Crippen LogP contribution in [0, 0.1) is 11.6 Å². The summed E-state index contributed by atoms with van der Waals surface area (Å²) in [5.41, 5.74) is 4.83. The molecule has 2 aromatic rings. The molecule has 0 radical (unpaired) electrons. The molecule has 0 bridgehead atoms. The lowest BCUT2D eigenvalue weighted by molar-refractivity contribution is 0.0778. The van der Waals surface area contributed by atoms with E-state index in [1.807, 2.05) is 5.43 Å². The average molecular weight is 351 g/mol. The highest BCUT2D eigenvalue weighted by Gasteiger charge is 2.17. The molecule has 0 heterocycles. The summed E-state index contributed by atoms with van der Waals surface area (Å²) in [5, 5.41) is 10.9. The van der Waals surface area contributed by atoms with Crippen molar-refractivity contribution in [3.8, 4) is 0 Å². The van der Waals surface area contributed by atoms with Crippen LogP contribution in [-0.4, -0.2) is 23.5 Å². The molecule has 2 rings (SSSR count). The molecule has 0 saturated carbocycles. The van der Waals surface area contributed by atoms with E-state index in [9.17, 15) is 18.4 Å². The van der Waals surface area contributed by atoms with Gasteiger partial charge in [-0.3, -0.25) is 10.7 Å². The van der Waals surface area contributed by atoms with E-state index in [-0.39, 0.29) is 12.1 Å². The van der Waals surface area contributed by atoms with Gasteiger partial charge in [0.05, 0.1) is 5.69 Å². The Kier molecular flexibility index (Phi) is 6.10. The number of carbonyl (C=O) groups is 2. The molecule has 9 heteroatoms. The summed E-state index contributed by atoms with van der Waals surface area (Å²) in [5.74, 6) is -1.68. The molecule has 0 aromatic heterocycles. The standard InChI is InChI=1S/C16H15F2N3O4/c17-11-6-7-13(12(18)9-11)20-21-16(24)25-14(19-15(22)23)8-10-4-2-1-3-5-10/h1-7,9,14,19-20H,8H2,(H,21,24)(H,22,23). The molecule has 0 aliphatic heterocycles. The first kappa shape index (κ1) is 18.0. The van der Waals surface area contributed by atoms with Crippen LogP contribution < -0.4 is 16.2 Å². The highest BCUT2D eigenvalue weighted by Crippen LogP contribution is 2.13. The maximum Gasteiger partial charge on any atom is 0.427 e. The van der Waals surface area contributed by atoms with Crippen molar-refractivity contribution < 1.29 is 28.2 Å². The van der Waals surface area contributed by atoms with Gasteiger partial charge in [-0.25, -0.2) is 23.8 Å². The monoisotopic (exact) mass is 351 g/mol.